The van der Waals surface area contributed by atoms with Gasteiger partial charge in [-0.05, 0) is 60.7 Å². The number of carbonyl (C=O) groups excluding carboxylic acids is 1. The highest BCUT2D eigenvalue weighted by Gasteiger charge is 2.07. The zero-order valence-corrected chi connectivity index (χ0v) is 13.2. The van der Waals surface area contributed by atoms with E-state index < -0.39 is 18.4 Å². The van der Waals surface area contributed by atoms with Crippen molar-refractivity contribution >= 4 is 40.6 Å². The molecule has 0 aliphatic heterocycles. The molecule has 1 amide bonds. The summed E-state index contributed by atoms with van der Waals surface area (Å²) >= 11 is 5.15. The summed E-state index contributed by atoms with van der Waals surface area (Å²) in [5.74, 6) is -1.92. The van der Waals surface area contributed by atoms with E-state index in [0.717, 1.165) is 0 Å². The molecule has 0 saturated carbocycles. The first kappa shape index (κ1) is 17.4. The summed E-state index contributed by atoms with van der Waals surface area (Å²) < 4.78 is 12.8. The van der Waals surface area contributed by atoms with E-state index in [1.54, 1.807) is 36.4 Å². The van der Waals surface area contributed by atoms with Crippen molar-refractivity contribution in [3.05, 3.63) is 59.9 Å². The average molecular weight is 347 g/mol. The Kier molecular flexibility index (Phi) is 5.80. The predicted octanol–water partition coefficient (Wildman–Crippen LogP) is 2.45. The lowest BCUT2D eigenvalue weighted by Gasteiger charge is -2.11. The third-order valence-corrected chi connectivity index (χ3v) is 3.11. The van der Waals surface area contributed by atoms with Crippen molar-refractivity contribution in [3.63, 3.8) is 0 Å². The van der Waals surface area contributed by atoms with E-state index in [4.69, 9.17) is 17.3 Å². The van der Waals surface area contributed by atoms with Gasteiger partial charge in [0.25, 0.3) is 5.91 Å². The monoisotopic (exact) mass is 347 g/mol. The number of aliphatic carboxylic acids is 1. The van der Waals surface area contributed by atoms with Crippen LogP contribution in [0.15, 0.2) is 48.5 Å². The van der Waals surface area contributed by atoms with E-state index in [2.05, 4.69) is 16.0 Å². The molecule has 8 heteroatoms. The molecule has 0 aliphatic rings. The highest BCUT2D eigenvalue weighted by molar-refractivity contribution is 7.80. The molecule has 0 aromatic heterocycles. The molecule has 24 heavy (non-hydrogen) atoms. The second-order valence-corrected chi connectivity index (χ2v) is 5.15. The summed E-state index contributed by atoms with van der Waals surface area (Å²) in [7, 11) is 0. The van der Waals surface area contributed by atoms with Gasteiger partial charge in [-0.2, -0.15) is 0 Å². The van der Waals surface area contributed by atoms with Crippen molar-refractivity contribution in [2.75, 3.05) is 17.2 Å². The van der Waals surface area contributed by atoms with Gasteiger partial charge >= 0.3 is 5.97 Å². The third kappa shape index (κ3) is 5.33. The summed E-state index contributed by atoms with van der Waals surface area (Å²) in [6.45, 7) is -0.440. The molecule has 0 aliphatic carbocycles. The summed E-state index contributed by atoms with van der Waals surface area (Å²) in [5, 5.41) is 16.9. The van der Waals surface area contributed by atoms with Crippen LogP contribution in [0.25, 0.3) is 0 Å². The highest BCUT2D eigenvalue weighted by atomic mass is 32.1. The molecular formula is C16H14FN3O3S. The fourth-order valence-corrected chi connectivity index (χ4v) is 2.03. The number of anilines is 2. The third-order valence-electron chi connectivity index (χ3n) is 2.91. The number of halogens is 1. The van der Waals surface area contributed by atoms with Crippen LogP contribution in [0.1, 0.15) is 10.4 Å². The Hall–Kier alpha value is -3.00. The van der Waals surface area contributed by atoms with Gasteiger partial charge in [0, 0.05) is 16.9 Å². The van der Waals surface area contributed by atoms with Gasteiger partial charge in [0.05, 0.1) is 0 Å². The van der Waals surface area contributed by atoms with Gasteiger partial charge < -0.3 is 21.1 Å². The van der Waals surface area contributed by atoms with Crippen LogP contribution in [0.3, 0.4) is 0 Å². The first-order valence-electron chi connectivity index (χ1n) is 6.87. The first-order valence-corrected chi connectivity index (χ1v) is 7.28. The van der Waals surface area contributed by atoms with E-state index >= 15 is 0 Å². The number of rotatable bonds is 5. The van der Waals surface area contributed by atoms with E-state index in [-0.39, 0.29) is 5.82 Å². The van der Waals surface area contributed by atoms with Gasteiger partial charge in [-0.3, -0.25) is 9.59 Å². The zero-order valence-electron chi connectivity index (χ0n) is 12.4. The number of nitrogens with one attached hydrogen (secondary N) is 3. The number of hydrogen-bond donors (Lipinski definition) is 4. The van der Waals surface area contributed by atoms with E-state index in [1.807, 2.05) is 0 Å². The highest BCUT2D eigenvalue weighted by Crippen LogP contribution is 2.12. The van der Waals surface area contributed by atoms with Gasteiger partial charge in [-0.1, -0.05) is 0 Å². The molecule has 2 aromatic carbocycles. The topological polar surface area (TPSA) is 90.5 Å². The second kappa shape index (κ2) is 8.02. The van der Waals surface area contributed by atoms with E-state index in [0.29, 0.717) is 22.1 Å². The largest absolute Gasteiger partial charge is 0.480 e. The Bertz CT molecular complexity index is 748. The van der Waals surface area contributed by atoms with Crippen molar-refractivity contribution in [1.82, 2.24) is 5.32 Å². The summed E-state index contributed by atoms with van der Waals surface area (Å²) in [6.07, 6.45) is 0. The summed E-state index contributed by atoms with van der Waals surface area (Å²) in [6, 6.07) is 12.1. The lowest BCUT2D eigenvalue weighted by atomic mass is 10.2. The average Bonchev–Trinajstić information content (AvgIpc) is 2.55. The quantitative estimate of drug-likeness (QED) is 0.621. The number of carboxylic acids is 1. The molecule has 0 bridgehead atoms. The van der Waals surface area contributed by atoms with Gasteiger partial charge in [-0.25, -0.2) is 4.39 Å². The molecule has 0 saturated heterocycles. The Morgan fingerprint density at radius 3 is 1.96 bits per heavy atom. The Labute approximate surface area is 142 Å². The standard InChI is InChI=1S/C16H14FN3O3S/c17-11-3-7-13(8-4-11)20-16(24)19-12-5-1-10(2-6-12)15(23)18-9-14(21)22/h1-8H,9H2,(H,18,23)(H,21,22)(H2,19,20,24). The van der Waals surface area contributed by atoms with Crippen LogP contribution in [0.4, 0.5) is 15.8 Å². The van der Waals surface area contributed by atoms with Crippen LogP contribution in [-0.4, -0.2) is 28.6 Å². The van der Waals surface area contributed by atoms with Crippen molar-refractivity contribution in [3.8, 4) is 0 Å². The number of amides is 1. The molecule has 0 fully saturated rings. The smallest absolute Gasteiger partial charge is 0.322 e. The lowest BCUT2D eigenvalue weighted by Crippen LogP contribution is -2.29. The van der Waals surface area contributed by atoms with Gasteiger partial charge in [0.15, 0.2) is 5.11 Å². The predicted molar refractivity (Wildman–Crippen MR) is 92.7 cm³/mol. The van der Waals surface area contributed by atoms with E-state index in [1.165, 1.54) is 12.1 Å². The molecular weight excluding hydrogens is 333 g/mol. The molecule has 6 nitrogen and oxygen atoms in total. The van der Waals surface area contributed by atoms with Crippen LogP contribution in [0, 0.1) is 5.82 Å². The lowest BCUT2D eigenvalue weighted by molar-refractivity contribution is -0.135. The molecule has 4 N–H and O–H groups in total. The Morgan fingerprint density at radius 2 is 1.46 bits per heavy atom. The molecule has 0 spiro atoms. The zero-order chi connectivity index (χ0) is 17.5. The number of carbonyl (C=O) groups is 2. The number of benzene rings is 2. The van der Waals surface area contributed by atoms with Gasteiger partial charge in [0.1, 0.15) is 12.4 Å². The van der Waals surface area contributed by atoms with Gasteiger partial charge in [0.2, 0.25) is 0 Å². The van der Waals surface area contributed by atoms with E-state index in [9.17, 15) is 14.0 Å². The molecule has 0 unspecified atom stereocenters. The second-order valence-electron chi connectivity index (χ2n) is 4.74. The minimum absolute atomic E-state index is 0.310. The SMILES string of the molecule is O=C(O)CNC(=O)c1ccc(NC(=S)Nc2ccc(F)cc2)cc1. The normalized spacial score (nSPS) is 9.88. The summed E-state index contributed by atoms with van der Waals surface area (Å²) in [5.41, 5.74) is 1.61. The van der Waals surface area contributed by atoms with Crippen molar-refractivity contribution in [1.29, 1.82) is 0 Å². The molecule has 0 heterocycles. The van der Waals surface area contributed by atoms with Crippen LogP contribution in [0.2, 0.25) is 0 Å². The number of hydrogen-bond acceptors (Lipinski definition) is 3. The summed E-state index contributed by atoms with van der Waals surface area (Å²) in [4.78, 5) is 22.1. The van der Waals surface area contributed by atoms with Crippen LogP contribution < -0.4 is 16.0 Å². The Balaban J connectivity index is 1.91. The molecule has 2 rings (SSSR count). The minimum Gasteiger partial charge on any atom is -0.480 e. The van der Waals surface area contributed by atoms with Crippen LogP contribution >= 0.6 is 12.2 Å². The molecule has 0 atom stereocenters. The molecule has 2 aromatic rings. The fourth-order valence-electron chi connectivity index (χ4n) is 1.79. The van der Waals surface area contributed by atoms with Crippen LogP contribution in [-0.2, 0) is 4.79 Å². The maximum Gasteiger partial charge on any atom is 0.322 e. The van der Waals surface area contributed by atoms with Gasteiger partial charge in [-0.15, -0.1) is 0 Å². The maximum atomic E-state index is 12.8. The van der Waals surface area contributed by atoms with Crippen molar-refractivity contribution in [2.24, 2.45) is 0 Å². The molecule has 124 valence electrons. The first-order chi connectivity index (χ1) is 11.4. The number of thiocarbonyl (C=S) groups is 1. The fraction of sp³-hybridized carbons (Fsp3) is 0.0625. The maximum absolute atomic E-state index is 12.8. The molecule has 0 radical (unpaired) electrons. The van der Waals surface area contributed by atoms with Crippen LogP contribution in [0.5, 0.6) is 0 Å². The Morgan fingerprint density at radius 1 is 0.958 bits per heavy atom. The van der Waals surface area contributed by atoms with Crippen molar-refractivity contribution in [2.45, 2.75) is 0 Å². The minimum atomic E-state index is -1.11. The number of carboxylic acid groups (broad SMARTS) is 1. The van der Waals surface area contributed by atoms with Crippen molar-refractivity contribution < 1.29 is 19.1 Å².